The lowest BCUT2D eigenvalue weighted by atomic mass is 10.1. The van der Waals surface area contributed by atoms with Crippen LogP contribution in [-0.2, 0) is 12.8 Å². The molecule has 0 spiro atoms. The van der Waals surface area contributed by atoms with Gasteiger partial charge in [-0.1, -0.05) is 45.0 Å². The minimum atomic E-state index is -0.304. The normalized spacial score (nSPS) is 11.6. The van der Waals surface area contributed by atoms with Gasteiger partial charge in [-0.3, -0.25) is 0 Å². The highest BCUT2D eigenvalue weighted by molar-refractivity contribution is 5.23. The molecule has 0 aliphatic rings. The number of rotatable bonds is 8. The van der Waals surface area contributed by atoms with Crippen LogP contribution in [0.2, 0.25) is 0 Å². The number of aliphatic hydroxyl groups excluding tert-OH is 1. The summed E-state index contributed by atoms with van der Waals surface area (Å²) in [5, 5.41) is 15.7. The standard InChI is InChI=1S/C14H24N2O.C2H6/c1-3-12-5-4-6-13(9-12)7-8-16-11-14(17)10-15-2;1-2/h4-6,9,14-17H,3,7-8,10-11H2,1-2H3;1-2H3. The first-order valence-electron chi connectivity index (χ1n) is 7.37. The zero-order valence-electron chi connectivity index (χ0n) is 12.9. The van der Waals surface area contributed by atoms with Crippen molar-refractivity contribution in [1.82, 2.24) is 10.6 Å². The highest BCUT2D eigenvalue weighted by atomic mass is 16.3. The van der Waals surface area contributed by atoms with Crippen molar-refractivity contribution in [3.05, 3.63) is 35.4 Å². The summed E-state index contributed by atoms with van der Waals surface area (Å²) >= 11 is 0. The Morgan fingerprint density at radius 3 is 2.47 bits per heavy atom. The summed E-state index contributed by atoms with van der Waals surface area (Å²) in [7, 11) is 1.85. The first kappa shape index (κ1) is 18.1. The molecule has 0 amide bonds. The average molecular weight is 266 g/mol. The molecule has 3 N–H and O–H groups in total. The van der Waals surface area contributed by atoms with Crippen LogP contribution in [0.3, 0.4) is 0 Å². The molecular formula is C16H30N2O. The summed E-state index contributed by atoms with van der Waals surface area (Å²) in [5.74, 6) is 0. The van der Waals surface area contributed by atoms with Crippen LogP contribution in [0.15, 0.2) is 24.3 Å². The second-order valence-electron chi connectivity index (χ2n) is 4.34. The molecule has 1 atom stereocenters. The smallest absolute Gasteiger partial charge is 0.0788 e. The molecule has 0 radical (unpaired) electrons. The average Bonchev–Trinajstić information content (AvgIpc) is 2.46. The van der Waals surface area contributed by atoms with E-state index in [1.165, 1.54) is 11.1 Å². The number of nitrogens with one attached hydrogen (secondary N) is 2. The largest absolute Gasteiger partial charge is 0.390 e. The summed E-state index contributed by atoms with van der Waals surface area (Å²) in [4.78, 5) is 0. The van der Waals surface area contributed by atoms with Crippen LogP contribution in [0.25, 0.3) is 0 Å². The van der Waals surface area contributed by atoms with E-state index in [9.17, 15) is 5.11 Å². The van der Waals surface area contributed by atoms with E-state index < -0.39 is 0 Å². The van der Waals surface area contributed by atoms with Crippen LogP contribution in [-0.4, -0.2) is 37.9 Å². The molecule has 0 aliphatic carbocycles. The molecule has 3 heteroatoms. The molecule has 0 aromatic heterocycles. The van der Waals surface area contributed by atoms with Crippen molar-refractivity contribution in [2.24, 2.45) is 0 Å². The second-order valence-corrected chi connectivity index (χ2v) is 4.34. The fourth-order valence-electron chi connectivity index (χ4n) is 1.81. The molecule has 110 valence electrons. The van der Waals surface area contributed by atoms with Gasteiger partial charge in [-0.25, -0.2) is 0 Å². The van der Waals surface area contributed by atoms with Crippen LogP contribution in [0, 0.1) is 0 Å². The first-order chi connectivity index (χ1) is 9.26. The van der Waals surface area contributed by atoms with Gasteiger partial charge in [0, 0.05) is 13.1 Å². The van der Waals surface area contributed by atoms with Crippen LogP contribution in [0.1, 0.15) is 31.9 Å². The SMILES string of the molecule is CC.CCc1cccc(CCNCC(O)CNC)c1. The molecule has 0 aliphatic heterocycles. The summed E-state index contributed by atoms with van der Waals surface area (Å²) < 4.78 is 0. The maximum atomic E-state index is 9.50. The van der Waals surface area contributed by atoms with E-state index in [-0.39, 0.29) is 6.10 Å². The third kappa shape index (κ3) is 8.76. The van der Waals surface area contributed by atoms with E-state index >= 15 is 0 Å². The Morgan fingerprint density at radius 2 is 1.84 bits per heavy atom. The van der Waals surface area contributed by atoms with Gasteiger partial charge in [0.05, 0.1) is 6.10 Å². The van der Waals surface area contributed by atoms with Gasteiger partial charge in [0.1, 0.15) is 0 Å². The minimum absolute atomic E-state index is 0.304. The number of aliphatic hydroxyl groups is 1. The Hall–Kier alpha value is -0.900. The second kappa shape index (κ2) is 12.2. The zero-order chi connectivity index (χ0) is 14.5. The lowest BCUT2D eigenvalue weighted by Gasteiger charge is -2.11. The molecule has 0 saturated carbocycles. The summed E-state index contributed by atoms with van der Waals surface area (Å²) in [5.41, 5.74) is 2.75. The maximum absolute atomic E-state index is 9.50. The Balaban J connectivity index is 0.00000154. The van der Waals surface area contributed by atoms with Gasteiger partial charge in [-0.2, -0.15) is 0 Å². The molecule has 1 aromatic carbocycles. The van der Waals surface area contributed by atoms with E-state index in [0.29, 0.717) is 13.1 Å². The number of hydrogen-bond donors (Lipinski definition) is 3. The zero-order valence-corrected chi connectivity index (χ0v) is 12.9. The molecule has 1 aromatic rings. The van der Waals surface area contributed by atoms with Gasteiger partial charge in [0.2, 0.25) is 0 Å². The molecule has 1 rings (SSSR count). The molecular weight excluding hydrogens is 236 g/mol. The van der Waals surface area contributed by atoms with Crippen molar-refractivity contribution >= 4 is 0 Å². The van der Waals surface area contributed by atoms with Crippen molar-refractivity contribution in [2.75, 3.05) is 26.7 Å². The van der Waals surface area contributed by atoms with Gasteiger partial charge in [0.15, 0.2) is 0 Å². The van der Waals surface area contributed by atoms with Crippen LogP contribution < -0.4 is 10.6 Å². The number of benzene rings is 1. The quantitative estimate of drug-likeness (QED) is 0.631. The molecule has 0 heterocycles. The van der Waals surface area contributed by atoms with Gasteiger partial charge < -0.3 is 15.7 Å². The van der Waals surface area contributed by atoms with E-state index in [2.05, 4.69) is 41.8 Å². The molecule has 0 fully saturated rings. The fourth-order valence-corrected chi connectivity index (χ4v) is 1.81. The topological polar surface area (TPSA) is 44.3 Å². The summed E-state index contributed by atoms with van der Waals surface area (Å²) in [6, 6.07) is 8.69. The van der Waals surface area contributed by atoms with E-state index in [1.54, 1.807) is 0 Å². The highest BCUT2D eigenvalue weighted by Crippen LogP contribution is 2.06. The maximum Gasteiger partial charge on any atom is 0.0788 e. The minimum Gasteiger partial charge on any atom is -0.390 e. The summed E-state index contributed by atoms with van der Waals surface area (Å²) in [6.45, 7) is 8.37. The van der Waals surface area contributed by atoms with Crippen molar-refractivity contribution < 1.29 is 5.11 Å². The highest BCUT2D eigenvalue weighted by Gasteiger charge is 2.01. The van der Waals surface area contributed by atoms with Crippen molar-refractivity contribution in [3.8, 4) is 0 Å². The number of hydrogen-bond acceptors (Lipinski definition) is 3. The Labute approximate surface area is 118 Å². The third-order valence-corrected chi connectivity index (χ3v) is 2.81. The van der Waals surface area contributed by atoms with Crippen LogP contribution in [0.5, 0.6) is 0 Å². The van der Waals surface area contributed by atoms with E-state index in [1.807, 2.05) is 20.9 Å². The fraction of sp³-hybridized carbons (Fsp3) is 0.625. The number of likely N-dealkylation sites (N-methyl/N-ethyl adjacent to an activating group) is 1. The van der Waals surface area contributed by atoms with Crippen molar-refractivity contribution in [3.63, 3.8) is 0 Å². The molecule has 0 bridgehead atoms. The molecule has 1 unspecified atom stereocenters. The van der Waals surface area contributed by atoms with Gasteiger partial charge in [-0.15, -0.1) is 0 Å². The number of aryl methyl sites for hydroxylation is 1. The third-order valence-electron chi connectivity index (χ3n) is 2.81. The lowest BCUT2D eigenvalue weighted by Crippen LogP contribution is -2.34. The molecule has 0 saturated heterocycles. The van der Waals surface area contributed by atoms with Gasteiger partial charge >= 0.3 is 0 Å². The molecule has 19 heavy (non-hydrogen) atoms. The molecule has 3 nitrogen and oxygen atoms in total. The van der Waals surface area contributed by atoms with E-state index in [4.69, 9.17) is 0 Å². The van der Waals surface area contributed by atoms with E-state index in [0.717, 1.165) is 19.4 Å². The Morgan fingerprint density at radius 1 is 1.16 bits per heavy atom. The first-order valence-corrected chi connectivity index (χ1v) is 7.37. The van der Waals surface area contributed by atoms with Gasteiger partial charge in [0.25, 0.3) is 0 Å². The van der Waals surface area contributed by atoms with Crippen molar-refractivity contribution in [2.45, 2.75) is 39.7 Å². The van der Waals surface area contributed by atoms with Crippen LogP contribution in [0.4, 0.5) is 0 Å². The predicted octanol–water partition coefficient (Wildman–Crippen LogP) is 1.99. The Kier molecular flexibility index (Phi) is 11.6. The monoisotopic (exact) mass is 266 g/mol. The lowest BCUT2D eigenvalue weighted by molar-refractivity contribution is 0.171. The Bertz CT molecular complexity index is 315. The predicted molar refractivity (Wildman–Crippen MR) is 83.7 cm³/mol. The van der Waals surface area contributed by atoms with Crippen LogP contribution >= 0.6 is 0 Å². The van der Waals surface area contributed by atoms with Crippen molar-refractivity contribution in [1.29, 1.82) is 0 Å². The van der Waals surface area contributed by atoms with Gasteiger partial charge in [-0.05, 0) is 37.6 Å². The summed E-state index contributed by atoms with van der Waals surface area (Å²) in [6.07, 6.45) is 1.80.